The Balaban J connectivity index is 1.78. The van der Waals surface area contributed by atoms with Crippen LogP contribution in [0.15, 0.2) is 55.0 Å². The molecule has 0 atom stereocenters. The van der Waals surface area contributed by atoms with Crippen molar-refractivity contribution in [3.63, 3.8) is 0 Å². The molecule has 0 radical (unpaired) electrons. The Morgan fingerprint density at radius 2 is 1.77 bits per heavy atom. The first-order chi connectivity index (χ1) is 14.7. The van der Waals surface area contributed by atoms with E-state index in [-0.39, 0.29) is 13.2 Å². The van der Waals surface area contributed by atoms with Gasteiger partial charge in [0.15, 0.2) is 0 Å². The summed E-state index contributed by atoms with van der Waals surface area (Å²) in [5, 5.41) is 6.73. The number of aromatic nitrogens is 4. The van der Waals surface area contributed by atoms with Gasteiger partial charge in [0.2, 0.25) is 0 Å². The number of nitrogens with zero attached hydrogens (tertiary/aromatic N) is 4. The minimum Gasteiger partial charge on any atom is -0.497 e. The third kappa shape index (κ3) is 4.01. The minimum atomic E-state index is -0.113. The lowest BCUT2D eigenvalue weighted by Gasteiger charge is -2.25. The predicted octanol–water partition coefficient (Wildman–Crippen LogP) is 4.08. The lowest BCUT2D eigenvalue weighted by atomic mass is 10.2. The van der Waals surface area contributed by atoms with Crippen molar-refractivity contribution in [3.8, 4) is 22.8 Å². The fourth-order valence-corrected chi connectivity index (χ4v) is 3.18. The van der Waals surface area contributed by atoms with Gasteiger partial charge in [-0.25, -0.2) is 4.98 Å². The van der Waals surface area contributed by atoms with Gasteiger partial charge in [-0.1, -0.05) is 0 Å². The maximum atomic E-state index is 12.5. The average molecular weight is 409 g/mol. The third-order valence-electron chi connectivity index (χ3n) is 4.67. The van der Waals surface area contributed by atoms with E-state index in [4.69, 9.17) is 14.5 Å². The molecule has 2 aromatic carbocycles. The number of hydrogen-bond acceptors (Lipinski definition) is 7. The smallest absolute Gasteiger partial charge is 0.124 e. The molecule has 0 saturated carbocycles. The van der Waals surface area contributed by atoms with Crippen LogP contribution in [0.4, 0.5) is 15.9 Å². The average Bonchev–Trinajstić information content (AvgIpc) is 3.33. The predicted molar refractivity (Wildman–Crippen MR) is 111 cm³/mol. The van der Waals surface area contributed by atoms with Crippen LogP contribution in [0.3, 0.4) is 0 Å². The lowest BCUT2D eigenvalue weighted by Crippen LogP contribution is -2.21. The second-order valence-electron chi connectivity index (χ2n) is 6.45. The molecule has 0 amide bonds. The summed E-state index contributed by atoms with van der Waals surface area (Å²) in [7, 11) is 3.16. The summed E-state index contributed by atoms with van der Waals surface area (Å²) in [6.07, 6.45) is 5.15. The van der Waals surface area contributed by atoms with Crippen molar-refractivity contribution in [1.29, 1.82) is 0 Å². The van der Waals surface area contributed by atoms with Gasteiger partial charge in [-0.2, -0.15) is 10.0 Å². The zero-order valence-corrected chi connectivity index (χ0v) is 16.5. The minimum absolute atomic E-state index is 0.113. The number of H-pyrrole nitrogens is 1. The molecule has 0 aliphatic heterocycles. The second kappa shape index (κ2) is 8.75. The van der Waals surface area contributed by atoms with Gasteiger partial charge in [-0.3, -0.25) is 10.1 Å². The molecular formula is C21H20FN5O3. The van der Waals surface area contributed by atoms with Crippen LogP contribution in [0.5, 0.6) is 11.5 Å². The summed E-state index contributed by atoms with van der Waals surface area (Å²) in [6.45, 7) is 0.158. The Labute approximate surface area is 172 Å². The molecule has 0 fully saturated rings. The first-order valence-corrected chi connectivity index (χ1v) is 9.22. The molecule has 2 aromatic heterocycles. The SMILES string of the molecule is COc1cc(OC)cc(N(CCOF)c2ccc3ncc(-c4cn[nH]c4)nc3c2)c1. The van der Waals surface area contributed by atoms with Crippen molar-refractivity contribution < 1.29 is 18.9 Å². The number of halogens is 1. The van der Waals surface area contributed by atoms with E-state index in [0.29, 0.717) is 22.7 Å². The van der Waals surface area contributed by atoms with E-state index in [1.165, 1.54) is 0 Å². The van der Waals surface area contributed by atoms with Gasteiger partial charge in [-0.05, 0) is 22.7 Å². The summed E-state index contributed by atoms with van der Waals surface area (Å²) in [5.74, 6) is 1.25. The zero-order valence-electron chi connectivity index (χ0n) is 16.5. The highest BCUT2D eigenvalue weighted by molar-refractivity contribution is 5.82. The van der Waals surface area contributed by atoms with Crippen molar-refractivity contribution in [2.75, 3.05) is 32.3 Å². The van der Waals surface area contributed by atoms with Crippen LogP contribution < -0.4 is 14.4 Å². The number of rotatable bonds is 8. The summed E-state index contributed by atoms with van der Waals surface area (Å²) >= 11 is 0. The van der Waals surface area contributed by atoms with Crippen LogP contribution in [0.25, 0.3) is 22.3 Å². The number of nitrogens with one attached hydrogen (secondary N) is 1. The Morgan fingerprint density at radius 3 is 2.43 bits per heavy atom. The Morgan fingerprint density at radius 1 is 0.967 bits per heavy atom. The molecule has 9 heteroatoms. The summed E-state index contributed by atoms with van der Waals surface area (Å²) < 4.78 is 23.3. The third-order valence-corrected chi connectivity index (χ3v) is 4.67. The van der Waals surface area contributed by atoms with Crippen LogP contribution >= 0.6 is 0 Å². The van der Waals surface area contributed by atoms with Gasteiger partial charge >= 0.3 is 0 Å². The molecule has 30 heavy (non-hydrogen) atoms. The lowest BCUT2D eigenvalue weighted by molar-refractivity contribution is -0.128. The summed E-state index contributed by atoms with van der Waals surface area (Å²) in [4.78, 5) is 14.9. The van der Waals surface area contributed by atoms with E-state index in [0.717, 1.165) is 22.5 Å². The maximum Gasteiger partial charge on any atom is 0.124 e. The van der Waals surface area contributed by atoms with Crippen molar-refractivity contribution in [2.24, 2.45) is 0 Å². The molecule has 8 nitrogen and oxygen atoms in total. The van der Waals surface area contributed by atoms with Crippen LogP contribution in [0.2, 0.25) is 0 Å². The highest BCUT2D eigenvalue weighted by atomic mass is 19.3. The monoisotopic (exact) mass is 409 g/mol. The van der Waals surface area contributed by atoms with Gasteiger partial charge in [0, 0.05) is 41.3 Å². The number of ether oxygens (including phenoxy) is 2. The molecule has 0 bridgehead atoms. The van der Waals surface area contributed by atoms with Crippen LogP contribution in [0.1, 0.15) is 0 Å². The van der Waals surface area contributed by atoms with Crippen LogP contribution in [-0.4, -0.2) is 47.5 Å². The zero-order chi connectivity index (χ0) is 20.9. The molecule has 0 unspecified atom stereocenters. The fraction of sp³-hybridized carbons (Fsp3) is 0.190. The van der Waals surface area contributed by atoms with Crippen molar-refractivity contribution in [2.45, 2.75) is 0 Å². The largest absolute Gasteiger partial charge is 0.497 e. The number of aromatic amines is 1. The molecule has 1 N–H and O–H groups in total. The van der Waals surface area contributed by atoms with Crippen LogP contribution in [-0.2, 0) is 4.94 Å². The number of hydrogen-bond donors (Lipinski definition) is 1. The Hall–Kier alpha value is -3.72. The maximum absolute atomic E-state index is 12.5. The van der Waals surface area contributed by atoms with E-state index in [1.807, 2.05) is 35.2 Å². The Bertz CT molecular complexity index is 1110. The number of methoxy groups -OCH3 is 2. The van der Waals surface area contributed by atoms with E-state index in [1.54, 1.807) is 38.9 Å². The van der Waals surface area contributed by atoms with Crippen molar-refractivity contribution in [1.82, 2.24) is 20.2 Å². The second-order valence-corrected chi connectivity index (χ2v) is 6.45. The first-order valence-electron chi connectivity index (χ1n) is 9.22. The van der Waals surface area contributed by atoms with Gasteiger partial charge in [0.05, 0.1) is 49.9 Å². The highest BCUT2D eigenvalue weighted by Gasteiger charge is 2.14. The fourth-order valence-electron chi connectivity index (χ4n) is 3.18. The topological polar surface area (TPSA) is 85.4 Å². The molecule has 4 rings (SSSR count). The molecule has 0 aliphatic carbocycles. The first kappa shape index (κ1) is 19.6. The molecule has 0 aliphatic rings. The van der Waals surface area contributed by atoms with E-state index >= 15 is 0 Å². The molecule has 0 saturated heterocycles. The molecule has 0 spiro atoms. The van der Waals surface area contributed by atoms with E-state index in [9.17, 15) is 4.53 Å². The number of benzene rings is 2. The van der Waals surface area contributed by atoms with Gasteiger partial charge < -0.3 is 14.4 Å². The quantitative estimate of drug-likeness (QED) is 0.469. The molecule has 4 aromatic rings. The van der Waals surface area contributed by atoms with Crippen molar-refractivity contribution >= 4 is 22.4 Å². The summed E-state index contributed by atoms with van der Waals surface area (Å²) in [6, 6.07) is 11.1. The van der Waals surface area contributed by atoms with Crippen LogP contribution in [0, 0.1) is 0 Å². The molecule has 2 heterocycles. The van der Waals surface area contributed by atoms with E-state index in [2.05, 4.69) is 20.1 Å². The molecule has 154 valence electrons. The summed E-state index contributed by atoms with van der Waals surface area (Å²) in [5.41, 5.74) is 4.56. The van der Waals surface area contributed by atoms with Gasteiger partial charge in [0.1, 0.15) is 18.1 Å². The number of fused-ring (bicyclic) bond motifs is 1. The highest BCUT2D eigenvalue weighted by Crippen LogP contribution is 2.34. The normalized spacial score (nSPS) is 10.9. The number of anilines is 2. The van der Waals surface area contributed by atoms with Gasteiger partial charge in [-0.15, -0.1) is 0 Å². The van der Waals surface area contributed by atoms with E-state index < -0.39 is 0 Å². The van der Waals surface area contributed by atoms with Crippen molar-refractivity contribution in [3.05, 3.63) is 55.0 Å². The molecular weight excluding hydrogens is 389 g/mol. The standard InChI is InChI=1S/C21H20FN5O3/c1-28-17-7-16(8-18(10-17)29-2)27(5-6-30-22)15-3-4-19-20(9-15)26-21(13-23-19)14-11-24-25-12-14/h3-4,7-13H,5-6H2,1-2H3,(H,24,25). The van der Waals surface area contributed by atoms with Gasteiger partial charge in [0.25, 0.3) is 0 Å². The Kier molecular flexibility index (Phi) is 5.71.